The first-order valence-electron chi connectivity index (χ1n) is 3.80. The lowest BCUT2D eigenvalue weighted by atomic mass is 10.0. The zero-order valence-corrected chi connectivity index (χ0v) is 6.43. The van der Waals surface area contributed by atoms with Crippen LogP contribution in [0.25, 0.3) is 0 Å². The Morgan fingerprint density at radius 3 is 2.00 bits per heavy atom. The zero-order valence-electron chi connectivity index (χ0n) is 6.43. The van der Waals surface area contributed by atoms with Crippen molar-refractivity contribution in [3.8, 4) is 0 Å². The van der Waals surface area contributed by atoms with Crippen molar-refractivity contribution in [2.24, 2.45) is 0 Å². The van der Waals surface area contributed by atoms with Gasteiger partial charge in [0.05, 0.1) is 0 Å². The summed E-state index contributed by atoms with van der Waals surface area (Å²) in [4.78, 5) is 0. The second-order valence-corrected chi connectivity index (χ2v) is 3.14. The average Bonchev–Trinajstić information content (AvgIpc) is 1.83. The Morgan fingerprint density at radius 1 is 1.22 bits per heavy atom. The molecule has 0 spiro atoms. The van der Waals surface area contributed by atoms with Gasteiger partial charge in [0.2, 0.25) is 0 Å². The molecule has 0 aromatic rings. The van der Waals surface area contributed by atoms with Gasteiger partial charge in [-0.15, -0.1) is 0 Å². The topological polar surface area (TPSA) is 3.01 Å². The van der Waals surface area contributed by atoms with Crippen LogP contribution in [0, 0.1) is 0 Å². The highest BCUT2D eigenvalue weighted by atomic mass is 15.0. The second-order valence-electron chi connectivity index (χ2n) is 3.14. The third-order valence-corrected chi connectivity index (χ3v) is 2.38. The van der Waals surface area contributed by atoms with Crippen LogP contribution in [0.2, 0.25) is 0 Å². The summed E-state index contributed by atoms with van der Waals surface area (Å²) in [7, 11) is 0. The van der Waals surface area contributed by atoms with Gasteiger partial charge >= 0.3 is 0 Å². The monoisotopic (exact) mass is 126 g/mol. The maximum atomic E-state index is 3.99. The largest absolute Gasteiger partial charge is 0.238 e. The van der Waals surface area contributed by atoms with Crippen molar-refractivity contribution in [3.63, 3.8) is 0 Å². The van der Waals surface area contributed by atoms with E-state index in [0.717, 1.165) is 0 Å². The van der Waals surface area contributed by atoms with Gasteiger partial charge in [-0.1, -0.05) is 0 Å². The molecule has 1 saturated heterocycles. The van der Waals surface area contributed by atoms with Crippen molar-refractivity contribution in [2.45, 2.75) is 45.2 Å². The molecule has 1 aliphatic rings. The Morgan fingerprint density at radius 2 is 1.67 bits per heavy atom. The first-order valence-corrected chi connectivity index (χ1v) is 3.80. The van der Waals surface area contributed by atoms with Gasteiger partial charge in [0.1, 0.15) is 18.8 Å². The summed E-state index contributed by atoms with van der Waals surface area (Å²) in [5.74, 6) is 0. The van der Waals surface area contributed by atoms with Crippen molar-refractivity contribution < 1.29 is 4.58 Å². The number of rotatable bonds is 0. The van der Waals surface area contributed by atoms with Crippen LogP contribution in [0.3, 0.4) is 0 Å². The Labute approximate surface area is 57.4 Å². The summed E-state index contributed by atoms with van der Waals surface area (Å²) in [6.45, 7) is 8.50. The molecule has 1 heterocycles. The molecule has 0 saturated carbocycles. The molecule has 2 atom stereocenters. The van der Waals surface area contributed by atoms with Crippen LogP contribution in [-0.2, 0) is 0 Å². The highest BCUT2D eigenvalue weighted by molar-refractivity contribution is 5.15. The fourth-order valence-electron chi connectivity index (χ4n) is 1.47. The predicted octanol–water partition coefficient (Wildman–Crippen LogP) is 1.66. The molecule has 0 amide bonds. The zero-order chi connectivity index (χ0) is 6.85. The molecule has 9 heavy (non-hydrogen) atoms. The predicted molar refractivity (Wildman–Crippen MR) is 40.2 cm³/mol. The van der Waals surface area contributed by atoms with Gasteiger partial charge in [-0.3, -0.25) is 0 Å². The van der Waals surface area contributed by atoms with E-state index < -0.39 is 0 Å². The number of piperidine rings is 1. The molecule has 52 valence electrons. The van der Waals surface area contributed by atoms with Crippen LogP contribution >= 0.6 is 0 Å². The molecule has 0 aromatic heterocycles. The van der Waals surface area contributed by atoms with E-state index in [-0.39, 0.29) is 0 Å². The molecule has 0 aliphatic carbocycles. The van der Waals surface area contributed by atoms with Crippen molar-refractivity contribution in [3.05, 3.63) is 0 Å². The average molecular weight is 126 g/mol. The maximum absolute atomic E-state index is 3.99. The maximum Gasteiger partial charge on any atom is 0.149 e. The minimum absolute atomic E-state index is 0.703. The van der Waals surface area contributed by atoms with Gasteiger partial charge in [0.25, 0.3) is 0 Å². The van der Waals surface area contributed by atoms with Crippen LogP contribution < -0.4 is 0 Å². The van der Waals surface area contributed by atoms with Gasteiger partial charge in [-0.2, -0.15) is 0 Å². The van der Waals surface area contributed by atoms with E-state index in [1.165, 1.54) is 19.3 Å². The van der Waals surface area contributed by atoms with E-state index in [0.29, 0.717) is 12.1 Å². The first kappa shape index (κ1) is 6.79. The minimum Gasteiger partial charge on any atom is -0.238 e. The van der Waals surface area contributed by atoms with E-state index in [1.807, 2.05) is 0 Å². The first-order chi connectivity index (χ1) is 4.22. The summed E-state index contributed by atoms with van der Waals surface area (Å²) in [6, 6.07) is 1.41. The molecule has 0 aromatic carbocycles. The van der Waals surface area contributed by atoms with Crippen LogP contribution in [0.5, 0.6) is 0 Å². The minimum atomic E-state index is 0.703. The van der Waals surface area contributed by atoms with Gasteiger partial charge in [-0.05, 0) is 20.3 Å². The van der Waals surface area contributed by atoms with E-state index in [2.05, 4.69) is 25.1 Å². The molecular weight excluding hydrogens is 110 g/mol. The normalized spacial score (nSPS) is 36.9. The van der Waals surface area contributed by atoms with E-state index in [9.17, 15) is 0 Å². The molecule has 1 aliphatic heterocycles. The Hall–Kier alpha value is -0.330. The van der Waals surface area contributed by atoms with E-state index in [1.54, 1.807) is 0 Å². The fraction of sp³-hybridized carbons (Fsp3) is 0.875. The second kappa shape index (κ2) is 2.51. The van der Waals surface area contributed by atoms with Crippen molar-refractivity contribution in [2.75, 3.05) is 0 Å². The summed E-state index contributed by atoms with van der Waals surface area (Å²) >= 11 is 0. The number of hydrogen-bond acceptors (Lipinski definition) is 0. The van der Waals surface area contributed by atoms with Crippen molar-refractivity contribution in [1.82, 2.24) is 0 Å². The van der Waals surface area contributed by atoms with Crippen molar-refractivity contribution >= 4 is 6.72 Å². The lowest BCUT2D eigenvalue weighted by Crippen LogP contribution is -2.34. The third-order valence-electron chi connectivity index (χ3n) is 2.38. The molecule has 0 bridgehead atoms. The van der Waals surface area contributed by atoms with Crippen LogP contribution in [0.1, 0.15) is 33.1 Å². The van der Waals surface area contributed by atoms with E-state index in [4.69, 9.17) is 0 Å². The highest BCUT2D eigenvalue weighted by Gasteiger charge is 2.24. The fourth-order valence-corrected chi connectivity index (χ4v) is 1.47. The lowest BCUT2D eigenvalue weighted by Gasteiger charge is -2.21. The van der Waals surface area contributed by atoms with Crippen molar-refractivity contribution in [1.29, 1.82) is 0 Å². The van der Waals surface area contributed by atoms with Gasteiger partial charge in [0.15, 0.2) is 0 Å². The molecule has 1 heteroatoms. The molecular formula is C8H16N+. The Bertz CT molecular complexity index is 106. The molecule has 1 rings (SSSR count). The SMILES string of the molecule is C=[N+]1C(C)CCCC1C. The summed E-state index contributed by atoms with van der Waals surface area (Å²) in [6.07, 6.45) is 4.04. The molecule has 1 nitrogen and oxygen atoms in total. The van der Waals surface area contributed by atoms with Crippen LogP contribution in [0.4, 0.5) is 0 Å². The molecule has 0 N–H and O–H groups in total. The summed E-state index contributed by atoms with van der Waals surface area (Å²) in [5.41, 5.74) is 0. The lowest BCUT2D eigenvalue weighted by molar-refractivity contribution is -0.597. The highest BCUT2D eigenvalue weighted by Crippen LogP contribution is 2.16. The molecule has 0 radical (unpaired) electrons. The van der Waals surface area contributed by atoms with E-state index >= 15 is 0 Å². The van der Waals surface area contributed by atoms with Gasteiger partial charge in [0, 0.05) is 12.8 Å². The number of nitrogens with zero attached hydrogens (tertiary/aromatic N) is 1. The standard InChI is InChI=1S/C8H16N/c1-7-5-4-6-8(2)9(7)3/h7-8H,3-6H2,1-2H3/q+1. The van der Waals surface area contributed by atoms with Crippen LogP contribution in [0.15, 0.2) is 0 Å². The Kier molecular flexibility index (Phi) is 1.89. The molecule has 2 unspecified atom stereocenters. The van der Waals surface area contributed by atoms with Crippen LogP contribution in [-0.4, -0.2) is 23.4 Å². The van der Waals surface area contributed by atoms with Gasteiger partial charge in [-0.25, -0.2) is 4.58 Å². The Balaban J connectivity index is 2.52. The number of hydrogen-bond donors (Lipinski definition) is 0. The molecule has 1 fully saturated rings. The summed E-state index contributed by atoms with van der Waals surface area (Å²) in [5, 5.41) is 0. The third kappa shape index (κ3) is 1.32. The van der Waals surface area contributed by atoms with Gasteiger partial charge < -0.3 is 0 Å². The smallest absolute Gasteiger partial charge is 0.149 e. The summed E-state index contributed by atoms with van der Waals surface area (Å²) < 4.78 is 2.23. The quantitative estimate of drug-likeness (QED) is 0.434.